The van der Waals surface area contributed by atoms with E-state index in [9.17, 15) is 4.79 Å². The van der Waals surface area contributed by atoms with Gasteiger partial charge in [0.05, 0.1) is 18.9 Å². The molecule has 2 aromatic carbocycles. The van der Waals surface area contributed by atoms with Crippen LogP contribution in [0, 0.1) is 0 Å². The number of carbonyl (C=O) groups is 1. The molecule has 7 heteroatoms. The lowest BCUT2D eigenvalue weighted by atomic mass is 10.1. The summed E-state index contributed by atoms with van der Waals surface area (Å²) >= 11 is 0. The first-order valence-electron chi connectivity index (χ1n) is 9.12. The van der Waals surface area contributed by atoms with Gasteiger partial charge >= 0.3 is 5.97 Å². The molecular weight excluding hydrogens is 366 g/mol. The number of nitrogens with one attached hydrogen (secondary N) is 1. The third kappa shape index (κ3) is 3.62. The highest BCUT2D eigenvalue weighted by molar-refractivity contribution is 5.91. The molecule has 1 N–H and O–H groups in total. The van der Waals surface area contributed by atoms with Crippen LogP contribution in [-0.4, -0.2) is 41.5 Å². The zero-order valence-corrected chi connectivity index (χ0v) is 16.5. The van der Waals surface area contributed by atoms with Gasteiger partial charge in [0.1, 0.15) is 11.5 Å². The number of methoxy groups -OCH3 is 1. The van der Waals surface area contributed by atoms with Crippen LogP contribution in [0.1, 0.15) is 10.4 Å². The summed E-state index contributed by atoms with van der Waals surface area (Å²) in [6, 6.07) is 15.4. The second-order valence-electron chi connectivity index (χ2n) is 6.75. The quantitative estimate of drug-likeness (QED) is 0.522. The molecule has 0 amide bonds. The monoisotopic (exact) mass is 387 g/mol. The van der Waals surface area contributed by atoms with Gasteiger partial charge in [-0.2, -0.15) is 0 Å². The minimum atomic E-state index is -0.379. The van der Waals surface area contributed by atoms with Gasteiger partial charge in [0, 0.05) is 43.4 Å². The van der Waals surface area contributed by atoms with Crippen molar-refractivity contribution in [3.8, 4) is 11.3 Å². The number of fused-ring (bicyclic) bond motifs is 1. The highest BCUT2D eigenvalue weighted by Crippen LogP contribution is 2.32. The summed E-state index contributed by atoms with van der Waals surface area (Å²) in [6.45, 7) is 0. The lowest BCUT2D eigenvalue weighted by molar-refractivity contribution is 0.0601. The van der Waals surface area contributed by atoms with Gasteiger partial charge in [-0.05, 0) is 30.3 Å². The molecule has 2 heterocycles. The lowest BCUT2D eigenvalue weighted by Gasteiger charge is -2.13. The van der Waals surface area contributed by atoms with E-state index in [-0.39, 0.29) is 5.97 Å². The number of anilines is 3. The maximum atomic E-state index is 11.9. The average Bonchev–Trinajstić information content (AvgIpc) is 3.12. The predicted molar refractivity (Wildman–Crippen MR) is 114 cm³/mol. The fourth-order valence-electron chi connectivity index (χ4n) is 3.12. The summed E-state index contributed by atoms with van der Waals surface area (Å²) in [6.07, 6.45) is 5.28. The predicted octanol–water partition coefficient (Wildman–Crippen LogP) is 3.99. The van der Waals surface area contributed by atoms with E-state index in [1.165, 1.54) is 7.11 Å². The number of aromatic nitrogens is 3. The molecule has 0 atom stereocenters. The van der Waals surface area contributed by atoms with Crippen molar-refractivity contribution < 1.29 is 9.53 Å². The fourth-order valence-corrected chi connectivity index (χ4v) is 3.12. The molecule has 146 valence electrons. The van der Waals surface area contributed by atoms with Crippen molar-refractivity contribution in [2.24, 2.45) is 0 Å². The summed E-state index contributed by atoms with van der Waals surface area (Å²) in [5.74, 6) is 0.414. The lowest BCUT2D eigenvalue weighted by Crippen LogP contribution is -2.08. The number of rotatable bonds is 5. The van der Waals surface area contributed by atoms with Crippen molar-refractivity contribution in [2.45, 2.75) is 0 Å². The molecule has 29 heavy (non-hydrogen) atoms. The van der Waals surface area contributed by atoms with E-state index in [2.05, 4.69) is 27.3 Å². The fraction of sp³-hybridized carbons (Fsp3) is 0.136. The standard InChI is InChI=1S/C22H21N5O2/c1-26(2)18-9-7-15(8-10-18)20-21(27-12-11-23-14-19(27)25-20)24-17-6-4-5-16(13-17)22(28)29-3/h4-14,24H,1-3H3. The molecule has 4 rings (SSSR count). The molecular formula is C22H21N5O2. The molecule has 0 spiro atoms. The first-order valence-corrected chi connectivity index (χ1v) is 9.12. The van der Waals surface area contributed by atoms with Gasteiger partial charge in [-0.15, -0.1) is 0 Å². The van der Waals surface area contributed by atoms with Gasteiger partial charge in [0.25, 0.3) is 0 Å². The maximum absolute atomic E-state index is 11.9. The van der Waals surface area contributed by atoms with E-state index in [4.69, 9.17) is 9.72 Å². The normalized spacial score (nSPS) is 10.7. The summed E-state index contributed by atoms with van der Waals surface area (Å²) < 4.78 is 6.76. The largest absolute Gasteiger partial charge is 0.465 e. The Morgan fingerprint density at radius 1 is 1.14 bits per heavy atom. The Labute approximate surface area is 168 Å². The number of hydrogen-bond donors (Lipinski definition) is 1. The molecule has 0 radical (unpaired) electrons. The zero-order valence-electron chi connectivity index (χ0n) is 16.5. The first kappa shape index (κ1) is 18.5. The summed E-state index contributed by atoms with van der Waals surface area (Å²) in [7, 11) is 5.38. The highest BCUT2D eigenvalue weighted by atomic mass is 16.5. The summed E-state index contributed by atoms with van der Waals surface area (Å²) in [5.41, 5.74) is 4.85. The smallest absolute Gasteiger partial charge is 0.337 e. The molecule has 0 aliphatic heterocycles. The van der Waals surface area contributed by atoms with Gasteiger partial charge in [-0.25, -0.2) is 9.78 Å². The van der Waals surface area contributed by atoms with Gasteiger partial charge in [-0.1, -0.05) is 18.2 Å². The molecule has 0 bridgehead atoms. The van der Waals surface area contributed by atoms with Crippen LogP contribution in [0.25, 0.3) is 16.9 Å². The van der Waals surface area contributed by atoms with E-state index in [1.54, 1.807) is 24.5 Å². The maximum Gasteiger partial charge on any atom is 0.337 e. The highest BCUT2D eigenvalue weighted by Gasteiger charge is 2.15. The van der Waals surface area contributed by atoms with Crippen LogP contribution >= 0.6 is 0 Å². The van der Waals surface area contributed by atoms with E-state index < -0.39 is 0 Å². The van der Waals surface area contributed by atoms with E-state index in [0.29, 0.717) is 5.56 Å². The van der Waals surface area contributed by atoms with Gasteiger partial charge in [0.2, 0.25) is 0 Å². The van der Waals surface area contributed by atoms with Crippen LogP contribution in [-0.2, 0) is 4.74 Å². The third-order valence-corrected chi connectivity index (χ3v) is 4.63. The molecule has 0 saturated carbocycles. The van der Waals surface area contributed by atoms with Crippen LogP contribution in [0.5, 0.6) is 0 Å². The van der Waals surface area contributed by atoms with Crippen LogP contribution < -0.4 is 10.2 Å². The Morgan fingerprint density at radius 3 is 2.66 bits per heavy atom. The van der Waals surface area contributed by atoms with Crippen molar-refractivity contribution in [3.05, 3.63) is 72.7 Å². The van der Waals surface area contributed by atoms with Crippen molar-refractivity contribution in [1.82, 2.24) is 14.4 Å². The molecule has 0 unspecified atom stereocenters. The number of imidazole rings is 1. The molecule has 0 fully saturated rings. The molecule has 4 aromatic rings. The van der Waals surface area contributed by atoms with Gasteiger partial charge < -0.3 is 15.0 Å². The van der Waals surface area contributed by atoms with Crippen LogP contribution in [0.15, 0.2) is 67.1 Å². The number of carbonyl (C=O) groups excluding carboxylic acids is 1. The molecule has 2 aromatic heterocycles. The Kier molecular flexibility index (Phi) is 4.87. The number of esters is 1. The van der Waals surface area contributed by atoms with Gasteiger partial charge in [-0.3, -0.25) is 9.38 Å². The van der Waals surface area contributed by atoms with Crippen LogP contribution in [0.3, 0.4) is 0 Å². The summed E-state index contributed by atoms with van der Waals surface area (Å²) in [5, 5.41) is 3.41. The van der Waals surface area contributed by atoms with E-state index in [0.717, 1.165) is 34.1 Å². The molecule has 0 saturated heterocycles. The van der Waals surface area contributed by atoms with Crippen molar-refractivity contribution in [1.29, 1.82) is 0 Å². The molecule has 0 aliphatic rings. The minimum Gasteiger partial charge on any atom is -0.465 e. The summed E-state index contributed by atoms with van der Waals surface area (Å²) in [4.78, 5) is 22.9. The molecule has 0 aliphatic carbocycles. The van der Waals surface area contributed by atoms with Crippen LogP contribution in [0.2, 0.25) is 0 Å². The first-order chi connectivity index (χ1) is 14.1. The second-order valence-corrected chi connectivity index (χ2v) is 6.75. The number of benzene rings is 2. The Morgan fingerprint density at radius 2 is 1.93 bits per heavy atom. The van der Waals surface area contributed by atoms with E-state index in [1.807, 2.05) is 49.0 Å². The minimum absolute atomic E-state index is 0.379. The Bertz CT molecular complexity index is 1170. The van der Waals surface area contributed by atoms with Crippen molar-refractivity contribution in [3.63, 3.8) is 0 Å². The SMILES string of the molecule is COC(=O)c1cccc(Nc2c(-c3ccc(N(C)C)cc3)nc3cnccn23)c1. The number of nitrogens with zero attached hydrogens (tertiary/aromatic N) is 4. The Hall–Kier alpha value is -3.87. The van der Waals surface area contributed by atoms with Crippen molar-refractivity contribution >= 4 is 28.8 Å². The third-order valence-electron chi connectivity index (χ3n) is 4.63. The number of ether oxygens (including phenoxy) is 1. The van der Waals surface area contributed by atoms with Crippen LogP contribution in [0.4, 0.5) is 17.2 Å². The van der Waals surface area contributed by atoms with Crippen molar-refractivity contribution in [2.75, 3.05) is 31.4 Å². The zero-order chi connectivity index (χ0) is 20.4. The van der Waals surface area contributed by atoms with Gasteiger partial charge in [0.15, 0.2) is 5.65 Å². The average molecular weight is 387 g/mol. The number of hydrogen-bond acceptors (Lipinski definition) is 6. The Balaban J connectivity index is 1.79. The van der Waals surface area contributed by atoms with E-state index >= 15 is 0 Å². The molecule has 7 nitrogen and oxygen atoms in total. The topological polar surface area (TPSA) is 71.8 Å². The second kappa shape index (κ2) is 7.63.